The Labute approximate surface area is 140 Å². The second-order valence-corrected chi connectivity index (χ2v) is 6.41. The topological polar surface area (TPSA) is 99.4 Å². The SMILES string of the molecule is NC1CCC2=C1CN(c1c(F)cc3c(=O)c(C(=O)O)c[nH]c3c1F)C2. The van der Waals surface area contributed by atoms with E-state index in [0.717, 1.165) is 36.3 Å². The van der Waals surface area contributed by atoms with Crippen molar-refractivity contribution in [3.8, 4) is 0 Å². The highest BCUT2D eigenvalue weighted by Crippen LogP contribution is 2.37. The first kappa shape index (κ1) is 15.8. The zero-order valence-electron chi connectivity index (χ0n) is 13.1. The average Bonchev–Trinajstić information content (AvgIpc) is 3.11. The van der Waals surface area contributed by atoms with Gasteiger partial charge in [0.25, 0.3) is 0 Å². The maximum atomic E-state index is 14.9. The molecule has 1 aliphatic carbocycles. The molecule has 25 heavy (non-hydrogen) atoms. The molecule has 1 unspecified atom stereocenters. The van der Waals surface area contributed by atoms with Gasteiger partial charge in [-0.25, -0.2) is 13.6 Å². The van der Waals surface area contributed by atoms with Crippen molar-refractivity contribution in [2.45, 2.75) is 18.9 Å². The fraction of sp³-hybridized carbons (Fsp3) is 0.294. The van der Waals surface area contributed by atoms with Crippen LogP contribution in [0.1, 0.15) is 23.2 Å². The lowest BCUT2D eigenvalue weighted by atomic mass is 10.1. The van der Waals surface area contributed by atoms with Gasteiger partial charge >= 0.3 is 5.97 Å². The van der Waals surface area contributed by atoms with Crippen LogP contribution in [0.4, 0.5) is 14.5 Å². The smallest absolute Gasteiger partial charge is 0.341 e. The number of aromatic nitrogens is 1. The Morgan fingerprint density at radius 1 is 1.36 bits per heavy atom. The summed E-state index contributed by atoms with van der Waals surface area (Å²) in [5, 5.41) is 8.65. The van der Waals surface area contributed by atoms with Crippen molar-refractivity contribution in [1.29, 1.82) is 0 Å². The van der Waals surface area contributed by atoms with Crippen LogP contribution in [-0.4, -0.2) is 35.2 Å². The number of hydrogen-bond donors (Lipinski definition) is 3. The van der Waals surface area contributed by atoms with Crippen LogP contribution in [0.15, 0.2) is 28.2 Å². The molecule has 0 amide bonds. The largest absolute Gasteiger partial charge is 0.477 e. The lowest BCUT2D eigenvalue weighted by Crippen LogP contribution is -2.29. The molecule has 1 aliphatic heterocycles. The molecule has 0 saturated carbocycles. The van der Waals surface area contributed by atoms with Crippen molar-refractivity contribution in [3.05, 3.63) is 50.8 Å². The fourth-order valence-electron chi connectivity index (χ4n) is 3.72. The molecule has 0 fully saturated rings. The summed E-state index contributed by atoms with van der Waals surface area (Å²) in [6, 6.07) is 0.812. The van der Waals surface area contributed by atoms with Crippen molar-refractivity contribution in [3.63, 3.8) is 0 Å². The Hall–Kier alpha value is -2.74. The number of anilines is 1. The van der Waals surface area contributed by atoms with E-state index in [0.29, 0.717) is 13.1 Å². The van der Waals surface area contributed by atoms with E-state index in [1.54, 1.807) is 4.90 Å². The quantitative estimate of drug-likeness (QED) is 0.719. The number of pyridine rings is 1. The van der Waals surface area contributed by atoms with E-state index in [4.69, 9.17) is 10.8 Å². The van der Waals surface area contributed by atoms with Gasteiger partial charge in [-0.1, -0.05) is 0 Å². The summed E-state index contributed by atoms with van der Waals surface area (Å²) in [4.78, 5) is 27.2. The standard InChI is InChI=1S/C17H15F2N3O3/c18-11-3-8-14(21-4-9(16(8)23)17(24)25)13(19)15(11)22-5-7-1-2-12(20)10(7)6-22/h3-4,12H,1-2,5-6,20H2,(H,21,23)(H,24,25). The van der Waals surface area contributed by atoms with Crippen LogP contribution < -0.4 is 16.1 Å². The number of aromatic carboxylic acids is 1. The predicted octanol–water partition coefficient (Wildman–Crippen LogP) is 1.74. The number of nitrogens with zero attached hydrogens (tertiary/aromatic N) is 1. The number of aromatic amines is 1. The number of carboxylic acids is 1. The number of rotatable bonds is 2. The third-order valence-corrected chi connectivity index (χ3v) is 4.99. The summed E-state index contributed by atoms with van der Waals surface area (Å²) in [5.74, 6) is -3.26. The fourth-order valence-corrected chi connectivity index (χ4v) is 3.72. The highest BCUT2D eigenvalue weighted by atomic mass is 19.1. The van der Waals surface area contributed by atoms with Gasteiger partial charge in [-0.3, -0.25) is 4.79 Å². The molecule has 1 atom stereocenters. The first-order valence-corrected chi connectivity index (χ1v) is 7.86. The number of carboxylic acid groups (broad SMARTS) is 1. The molecule has 1 aromatic heterocycles. The number of carbonyl (C=O) groups is 1. The van der Waals surface area contributed by atoms with Gasteiger partial charge in [0.1, 0.15) is 17.1 Å². The first-order chi connectivity index (χ1) is 11.9. The molecular formula is C17H15F2N3O3. The van der Waals surface area contributed by atoms with Gasteiger partial charge in [0.2, 0.25) is 5.43 Å². The monoisotopic (exact) mass is 347 g/mol. The highest BCUT2D eigenvalue weighted by molar-refractivity contribution is 5.93. The summed E-state index contributed by atoms with van der Waals surface area (Å²) in [7, 11) is 0. The number of hydrogen-bond acceptors (Lipinski definition) is 4. The van der Waals surface area contributed by atoms with Crippen molar-refractivity contribution in [1.82, 2.24) is 4.98 Å². The van der Waals surface area contributed by atoms with E-state index in [2.05, 4.69) is 4.98 Å². The molecule has 6 nitrogen and oxygen atoms in total. The van der Waals surface area contributed by atoms with E-state index in [1.165, 1.54) is 0 Å². The number of fused-ring (bicyclic) bond motifs is 1. The summed E-state index contributed by atoms with van der Waals surface area (Å²) in [6.07, 6.45) is 2.60. The van der Waals surface area contributed by atoms with Gasteiger partial charge < -0.3 is 20.7 Å². The normalized spacial score (nSPS) is 19.8. The molecule has 0 spiro atoms. The number of halogens is 2. The molecule has 4 N–H and O–H groups in total. The molecule has 2 aromatic rings. The van der Waals surface area contributed by atoms with Gasteiger partial charge in [0, 0.05) is 25.3 Å². The van der Waals surface area contributed by atoms with E-state index >= 15 is 0 Å². The van der Waals surface area contributed by atoms with Crippen molar-refractivity contribution in [2.75, 3.05) is 18.0 Å². The Bertz CT molecular complexity index is 1010. The Morgan fingerprint density at radius 2 is 2.12 bits per heavy atom. The number of nitrogens with one attached hydrogen (secondary N) is 1. The van der Waals surface area contributed by atoms with Gasteiger partial charge in [0.15, 0.2) is 5.82 Å². The van der Waals surface area contributed by atoms with Crippen molar-refractivity contribution >= 4 is 22.6 Å². The average molecular weight is 347 g/mol. The van der Waals surface area contributed by atoms with Crippen LogP contribution in [0, 0.1) is 11.6 Å². The third kappa shape index (κ3) is 2.25. The van der Waals surface area contributed by atoms with Gasteiger partial charge in [-0.15, -0.1) is 0 Å². The maximum absolute atomic E-state index is 14.9. The summed E-state index contributed by atoms with van der Waals surface area (Å²) < 4.78 is 29.5. The van der Waals surface area contributed by atoms with E-state index < -0.39 is 28.6 Å². The molecule has 2 aliphatic rings. The van der Waals surface area contributed by atoms with Crippen LogP contribution >= 0.6 is 0 Å². The van der Waals surface area contributed by atoms with Gasteiger partial charge in [0.05, 0.1) is 10.9 Å². The molecule has 0 saturated heterocycles. The molecule has 0 radical (unpaired) electrons. The Balaban J connectivity index is 1.83. The molecule has 130 valence electrons. The predicted molar refractivity (Wildman–Crippen MR) is 87.9 cm³/mol. The summed E-state index contributed by atoms with van der Waals surface area (Å²) >= 11 is 0. The second-order valence-electron chi connectivity index (χ2n) is 6.41. The zero-order valence-corrected chi connectivity index (χ0v) is 13.1. The van der Waals surface area contributed by atoms with Crippen LogP contribution in [0.5, 0.6) is 0 Å². The molecular weight excluding hydrogens is 332 g/mol. The lowest BCUT2D eigenvalue weighted by molar-refractivity contribution is 0.0695. The van der Waals surface area contributed by atoms with E-state index in [9.17, 15) is 18.4 Å². The molecule has 4 rings (SSSR count). The maximum Gasteiger partial charge on any atom is 0.341 e. The number of H-pyrrole nitrogens is 1. The van der Waals surface area contributed by atoms with Crippen LogP contribution in [0.3, 0.4) is 0 Å². The Morgan fingerprint density at radius 3 is 2.80 bits per heavy atom. The Kier molecular flexibility index (Phi) is 3.40. The van der Waals surface area contributed by atoms with Crippen molar-refractivity contribution < 1.29 is 18.7 Å². The third-order valence-electron chi connectivity index (χ3n) is 4.99. The zero-order chi connectivity index (χ0) is 17.9. The van der Waals surface area contributed by atoms with Crippen LogP contribution in [0.25, 0.3) is 10.9 Å². The van der Waals surface area contributed by atoms with Crippen LogP contribution in [0.2, 0.25) is 0 Å². The minimum absolute atomic E-state index is 0.0792. The lowest BCUT2D eigenvalue weighted by Gasteiger charge is -2.23. The molecule has 2 heterocycles. The molecule has 8 heteroatoms. The van der Waals surface area contributed by atoms with Gasteiger partial charge in [-0.05, 0) is 30.1 Å². The van der Waals surface area contributed by atoms with Gasteiger partial charge in [-0.2, -0.15) is 0 Å². The number of nitrogens with two attached hydrogens (primary N) is 1. The summed E-state index contributed by atoms with van der Waals surface area (Å²) in [6.45, 7) is 0.757. The molecule has 1 aromatic carbocycles. The van der Waals surface area contributed by atoms with E-state index in [1.807, 2.05) is 0 Å². The number of benzene rings is 1. The van der Waals surface area contributed by atoms with Crippen molar-refractivity contribution in [2.24, 2.45) is 5.73 Å². The van der Waals surface area contributed by atoms with E-state index in [-0.39, 0.29) is 22.6 Å². The highest BCUT2D eigenvalue weighted by Gasteiger charge is 2.33. The second kappa shape index (κ2) is 5.38. The molecule has 0 bridgehead atoms. The van der Waals surface area contributed by atoms with Crippen LogP contribution in [-0.2, 0) is 0 Å². The summed E-state index contributed by atoms with van der Waals surface area (Å²) in [5.41, 5.74) is 6.23. The minimum atomic E-state index is -1.46. The first-order valence-electron chi connectivity index (χ1n) is 7.86. The minimum Gasteiger partial charge on any atom is -0.477 e.